The van der Waals surface area contributed by atoms with Gasteiger partial charge < -0.3 is 23.7 Å². The molecule has 12 nitrogen and oxygen atoms in total. The van der Waals surface area contributed by atoms with Crippen molar-refractivity contribution >= 4 is 10.1 Å². The van der Waals surface area contributed by atoms with Crippen LogP contribution in [0.4, 0.5) is 0 Å². The highest BCUT2D eigenvalue weighted by Gasteiger charge is 2.45. The van der Waals surface area contributed by atoms with Crippen LogP contribution in [-0.2, 0) is 44.5 Å². The van der Waals surface area contributed by atoms with Crippen LogP contribution >= 0.6 is 0 Å². The van der Waals surface area contributed by atoms with Crippen LogP contribution in [0, 0.1) is 6.92 Å². The van der Waals surface area contributed by atoms with E-state index in [1.807, 2.05) is 0 Å². The first kappa shape index (κ1) is 33.3. The molecule has 3 aliphatic rings. The van der Waals surface area contributed by atoms with E-state index in [0.717, 1.165) is 70.5 Å². The first-order valence-corrected chi connectivity index (χ1v) is 17.1. The van der Waals surface area contributed by atoms with Gasteiger partial charge in [-0.15, -0.1) is 0 Å². The fourth-order valence-electron chi connectivity index (χ4n) is 6.36. The molecule has 42 heavy (non-hydrogen) atoms. The van der Waals surface area contributed by atoms with E-state index in [4.69, 9.17) is 27.9 Å². The average Bonchev–Trinajstić information content (AvgIpc) is 3.37. The van der Waals surface area contributed by atoms with Crippen molar-refractivity contribution < 1.29 is 36.3 Å². The molecule has 4 rings (SSSR count). The van der Waals surface area contributed by atoms with E-state index in [-0.39, 0.29) is 25.3 Å². The fraction of sp³-hybridized carbons (Fsp3) is 0.862. The Hall–Kier alpha value is -1.61. The van der Waals surface area contributed by atoms with Gasteiger partial charge in [-0.1, -0.05) is 12.8 Å². The molecule has 1 saturated heterocycles. The van der Waals surface area contributed by atoms with Crippen molar-refractivity contribution in [3.8, 4) is 0 Å². The number of rotatable bonds is 14. The molecule has 1 aromatic rings. The second-order valence-electron chi connectivity index (χ2n) is 11.9. The maximum atomic E-state index is 13.6. The first-order chi connectivity index (χ1) is 20.0. The van der Waals surface area contributed by atoms with Crippen LogP contribution in [0.5, 0.6) is 0 Å². The molecule has 3 unspecified atom stereocenters. The Kier molecular flexibility index (Phi) is 11.4. The van der Waals surface area contributed by atoms with E-state index in [1.54, 1.807) is 27.3 Å². The molecule has 1 aromatic heterocycles. The second-order valence-corrected chi connectivity index (χ2v) is 13.5. The summed E-state index contributed by atoms with van der Waals surface area (Å²) in [4.78, 5) is 26.5. The summed E-state index contributed by atoms with van der Waals surface area (Å²) in [6.45, 7) is 2.03. The summed E-state index contributed by atoms with van der Waals surface area (Å²) in [7, 11) is -0.189. The maximum Gasteiger partial charge on any atom is 0.333 e. The van der Waals surface area contributed by atoms with Gasteiger partial charge in [0, 0.05) is 64.6 Å². The first-order valence-electron chi connectivity index (χ1n) is 15.2. The average molecular weight is 617 g/mol. The van der Waals surface area contributed by atoms with Crippen LogP contribution in [0.2, 0.25) is 0 Å². The minimum Gasteiger partial charge on any atom is -0.353 e. The van der Waals surface area contributed by atoms with E-state index in [9.17, 15) is 18.0 Å². The van der Waals surface area contributed by atoms with Crippen LogP contribution in [-0.4, -0.2) is 75.0 Å². The number of aryl methyl sites for hydroxylation is 1. The number of unbranched alkanes of at least 4 members (excludes halogenated alkanes) is 1. The monoisotopic (exact) mass is 616 g/mol. The number of methoxy groups -OCH3 is 2. The summed E-state index contributed by atoms with van der Waals surface area (Å²) >= 11 is 0. The SMILES string of the molecule is COC1(OCC2OC(n3cc(C)c(=O)n(CCCCOS(C)(=O)=O)c3=O)CC2OC2(OC)CCCCC2)CCCCC1. The third-order valence-corrected chi connectivity index (χ3v) is 9.38. The van der Waals surface area contributed by atoms with E-state index < -0.39 is 45.8 Å². The summed E-state index contributed by atoms with van der Waals surface area (Å²) in [6.07, 6.45) is 11.7. The third-order valence-electron chi connectivity index (χ3n) is 8.78. The Bertz CT molecular complexity index is 1250. The van der Waals surface area contributed by atoms with Gasteiger partial charge in [-0.05, 0) is 45.4 Å². The van der Waals surface area contributed by atoms with Crippen molar-refractivity contribution in [2.75, 3.05) is 33.7 Å². The topological polar surface area (TPSA) is 134 Å². The quantitative estimate of drug-likeness (QED) is 0.174. The van der Waals surface area contributed by atoms with E-state index >= 15 is 0 Å². The predicted molar refractivity (Wildman–Crippen MR) is 155 cm³/mol. The van der Waals surface area contributed by atoms with Gasteiger partial charge in [-0.2, -0.15) is 8.42 Å². The molecule has 13 heteroatoms. The molecule has 2 heterocycles. The van der Waals surface area contributed by atoms with Crippen molar-refractivity contribution in [3.05, 3.63) is 32.6 Å². The molecule has 2 aliphatic carbocycles. The molecular weight excluding hydrogens is 568 g/mol. The van der Waals surface area contributed by atoms with Gasteiger partial charge in [0.1, 0.15) is 12.3 Å². The van der Waals surface area contributed by atoms with Crippen LogP contribution in [0.25, 0.3) is 0 Å². The standard InChI is InChI=1S/C29H48N2O10S/c1-22-20-31(27(33)30(26(22)32)17-11-12-18-39-42(4,34)35)25-19-23(41-29(37-3)15-9-6-10-16-29)24(40-25)21-38-28(36-2)13-7-5-8-14-28/h20,23-25H,5-19,21H2,1-4H3. The van der Waals surface area contributed by atoms with Gasteiger partial charge in [0.05, 0.1) is 25.6 Å². The van der Waals surface area contributed by atoms with Crippen molar-refractivity contribution in [1.29, 1.82) is 0 Å². The van der Waals surface area contributed by atoms with Crippen molar-refractivity contribution in [3.63, 3.8) is 0 Å². The van der Waals surface area contributed by atoms with Gasteiger partial charge in [0.25, 0.3) is 15.7 Å². The summed E-state index contributed by atoms with van der Waals surface area (Å²) in [5.74, 6) is -1.37. The Balaban J connectivity index is 1.54. The Morgan fingerprint density at radius 2 is 1.57 bits per heavy atom. The highest BCUT2D eigenvalue weighted by atomic mass is 32.2. The Labute approximate surface area is 248 Å². The molecule has 0 amide bonds. The largest absolute Gasteiger partial charge is 0.353 e. The van der Waals surface area contributed by atoms with E-state index in [2.05, 4.69) is 0 Å². The molecule has 0 radical (unpaired) electrons. The lowest BCUT2D eigenvalue weighted by atomic mass is 9.93. The van der Waals surface area contributed by atoms with Gasteiger partial charge in [0.15, 0.2) is 11.6 Å². The van der Waals surface area contributed by atoms with Crippen molar-refractivity contribution in [2.45, 2.75) is 127 Å². The lowest BCUT2D eigenvalue weighted by Gasteiger charge is -2.40. The van der Waals surface area contributed by atoms with Crippen molar-refractivity contribution in [1.82, 2.24) is 9.13 Å². The van der Waals surface area contributed by atoms with Gasteiger partial charge in [-0.3, -0.25) is 18.1 Å². The number of aromatic nitrogens is 2. The van der Waals surface area contributed by atoms with Crippen LogP contribution in [0.1, 0.15) is 95.3 Å². The molecule has 0 N–H and O–H groups in total. The van der Waals surface area contributed by atoms with Gasteiger partial charge in [-0.25, -0.2) is 4.79 Å². The van der Waals surface area contributed by atoms with Crippen LogP contribution in [0.3, 0.4) is 0 Å². The third kappa shape index (κ3) is 8.30. The number of hydrogen-bond donors (Lipinski definition) is 0. The molecule has 2 saturated carbocycles. The van der Waals surface area contributed by atoms with Crippen LogP contribution in [0.15, 0.2) is 15.8 Å². The Morgan fingerprint density at radius 1 is 0.952 bits per heavy atom. The van der Waals surface area contributed by atoms with Crippen molar-refractivity contribution in [2.24, 2.45) is 0 Å². The highest BCUT2D eigenvalue weighted by Crippen LogP contribution is 2.40. The number of nitrogens with zero attached hydrogens (tertiary/aromatic N) is 2. The summed E-state index contributed by atoms with van der Waals surface area (Å²) in [5, 5.41) is 0. The summed E-state index contributed by atoms with van der Waals surface area (Å²) in [6, 6.07) is 0. The predicted octanol–water partition coefficient (Wildman–Crippen LogP) is 3.38. The Morgan fingerprint density at radius 3 is 2.17 bits per heavy atom. The second kappa shape index (κ2) is 14.4. The zero-order valence-corrected chi connectivity index (χ0v) is 26.3. The number of hydrogen-bond acceptors (Lipinski definition) is 10. The zero-order chi connectivity index (χ0) is 30.4. The molecule has 1 aliphatic heterocycles. The molecule has 240 valence electrons. The van der Waals surface area contributed by atoms with Gasteiger partial charge in [0.2, 0.25) is 0 Å². The minimum absolute atomic E-state index is 0.00968. The molecule has 0 bridgehead atoms. The van der Waals surface area contributed by atoms with E-state index in [1.165, 1.54) is 9.13 Å². The minimum atomic E-state index is -3.55. The molecule has 0 aromatic carbocycles. The summed E-state index contributed by atoms with van der Waals surface area (Å²) in [5.41, 5.74) is -0.463. The zero-order valence-electron chi connectivity index (χ0n) is 25.5. The normalized spacial score (nSPS) is 26.0. The smallest absolute Gasteiger partial charge is 0.333 e. The summed E-state index contributed by atoms with van der Waals surface area (Å²) < 4.78 is 61.2. The lowest BCUT2D eigenvalue weighted by molar-refractivity contribution is -0.282. The molecular formula is C29H48N2O10S. The lowest BCUT2D eigenvalue weighted by Crippen LogP contribution is -2.45. The maximum absolute atomic E-state index is 13.6. The molecule has 3 fully saturated rings. The molecule has 0 spiro atoms. The number of ether oxygens (including phenoxy) is 5. The fourth-order valence-corrected chi connectivity index (χ4v) is 6.78. The van der Waals surface area contributed by atoms with Gasteiger partial charge >= 0.3 is 5.69 Å². The highest BCUT2D eigenvalue weighted by molar-refractivity contribution is 7.85. The molecule has 3 atom stereocenters. The van der Waals surface area contributed by atoms with E-state index in [0.29, 0.717) is 24.8 Å². The van der Waals surface area contributed by atoms with Crippen LogP contribution < -0.4 is 11.2 Å².